The molecule has 118 valence electrons. The van der Waals surface area contributed by atoms with Gasteiger partial charge in [-0.05, 0) is 38.6 Å². The second-order valence-electron chi connectivity index (χ2n) is 5.72. The molecule has 23 heavy (non-hydrogen) atoms. The van der Waals surface area contributed by atoms with Gasteiger partial charge >= 0.3 is 0 Å². The first-order chi connectivity index (χ1) is 11.0. The average molecular weight is 307 g/mol. The number of carbonyl (C=O) groups is 1. The van der Waals surface area contributed by atoms with Crippen molar-refractivity contribution in [2.75, 3.05) is 12.4 Å². The van der Waals surface area contributed by atoms with Crippen molar-refractivity contribution in [3.05, 3.63) is 65.2 Å². The predicted octanol–water partition coefficient (Wildman–Crippen LogP) is 3.33. The van der Waals surface area contributed by atoms with Gasteiger partial charge in [-0.1, -0.05) is 42.0 Å². The maximum absolute atomic E-state index is 12.4. The summed E-state index contributed by atoms with van der Waals surface area (Å²) in [6.45, 7) is 4.60. The zero-order valence-corrected chi connectivity index (χ0v) is 13.7. The fraction of sp³-hybridized carbons (Fsp3) is 0.263. The SMILES string of the molecule is Cc1ccc(CN(C)[C@@H](C)C(=O)Nc2ccccc2C#N)cc1. The number of aryl methyl sites for hydroxylation is 1. The highest BCUT2D eigenvalue weighted by molar-refractivity contribution is 5.95. The van der Waals surface area contributed by atoms with Gasteiger partial charge in [-0.15, -0.1) is 0 Å². The molecular weight excluding hydrogens is 286 g/mol. The van der Waals surface area contributed by atoms with Crippen LogP contribution < -0.4 is 5.32 Å². The standard InChI is InChI=1S/C19H21N3O/c1-14-8-10-16(11-9-14)13-22(3)15(2)19(23)21-18-7-5-4-6-17(18)12-20/h4-11,15H,13H2,1-3H3,(H,21,23)/t15-/m0/s1. The minimum absolute atomic E-state index is 0.123. The molecule has 0 aliphatic carbocycles. The molecule has 0 radical (unpaired) electrons. The van der Waals surface area contributed by atoms with Crippen molar-refractivity contribution < 1.29 is 4.79 Å². The number of para-hydroxylation sites is 1. The Morgan fingerprint density at radius 2 is 1.87 bits per heavy atom. The third-order valence-corrected chi connectivity index (χ3v) is 3.90. The van der Waals surface area contributed by atoms with E-state index in [1.807, 2.05) is 18.9 Å². The summed E-state index contributed by atoms with van der Waals surface area (Å²) in [7, 11) is 1.92. The van der Waals surface area contributed by atoms with Crippen molar-refractivity contribution in [3.8, 4) is 6.07 Å². The number of rotatable bonds is 5. The Morgan fingerprint density at radius 1 is 1.22 bits per heavy atom. The first-order valence-corrected chi connectivity index (χ1v) is 7.57. The van der Waals surface area contributed by atoms with E-state index in [9.17, 15) is 4.79 Å². The van der Waals surface area contributed by atoms with E-state index in [1.165, 1.54) is 5.56 Å². The minimum atomic E-state index is -0.303. The van der Waals surface area contributed by atoms with E-state index < -0.39 is 0 Å². The van der Waals surface area contributed by atoms with E-state index >= 15 is 0 Å². The lowest BCUT2D eigenvalue weighted by Crippen LogP contribution is -2.39. The van der Waals surface area contributed by atoms with Crippen LogP contribution in [0.2, 0.25) is 0 Å². The summed E-state index contributed by atoms with van der Waals surface area (Å²) in [5.41, 5.74) is 3.40. The van der Waals surface area contributed by atoms with Crippen molar-refractivity contribution in [1.29, 1.82) is 5.26 Å². The highest BCUT2D eigenvalue weighted by Gasteiger charge is 2.19. The molecule has 0 saturated carbocycles. The van der Waals surface area contributed by atoms with Crippen LogP contribution in [0.3, 0.4) is 0 Å². The van der Waals surface area contributed by atoms with Gasteiger partial charge in [-0.3, -0.25) is 9.69 Å². The molecule has 4 heteroatoms. The molecule has 2 aromatic rings. The van der Waals surface area contributed by atoms with Crippen LogP contribution >= 0.6 is 0 Å². The molecule has 0 bridgehead atoms. The van der Waals surface area contributed by atoms with Crippen molar-refractivity contribution in [2.24, 2.45) is 0 Å². The predicted molar refractivity (Wildman–Crippen MR) is 91.9 cm³/mol. The normalized spacial score (nSPS) is 11.8. The molecule has 0 spiro atoms. The number of nitriles is 1. The maximum atomic E-state index is 12.4. The average Bonchev–Trinajstić information content (AvgIpc) is 2.56. The number of nitrogens with zero attached hydrogens (tertiary/aromatic N) is 2. The van der Waals surface area contributed by atoms with Crippen molar-refractivity contribution in [2.45, 2.75) is 26.4 Å². The van der Waals surface area contributed by atoms with E-state index in [0.29, 0.717) is 17.8 Å². The molecule has 1 amide bonds. The van der Waals surface area contributed by atoms with Gasteiger partial charge in [0.15, 0.2) is 0 Å². The van der Waals surface area contributed by atoms with E-state index in [2.05, 4.69) is 42.6 Å². The lowest BCUT2D eigenvalue weighted by molar-refractivity contribution is -0.120. The molecule has 0 saturated heterocycles. The Labute approximate surface area is 137 Å². The number of amides is 1. The third-order valence-electron chi connectivity index (χ3n) is 3.90. The Hall–Kier alpha value is -2.64. The van der Waals surface area contributed by atoms with Crippen LogP contribution in [0, 0.1) is 18.3 Å². The molecule has 0 heterocycles. The fourth-order valence-electron chi connectivity index (χ4n) is 2.25. The van der Waals surface area contributed by atoms with Gasteiger partial charge in [0.25, 0.3) is 0 Å². The van der Waals surface area contributed by atoms with Crippen molar-refractivity contribution >= 4 is 11.6 Å². The molecule has 0 unspecified atom stereocenters. The molecule has 0 aliphatic heterocycles. The number of hydrogen-bond acceptors (Lipinski definition) is 3. The Balaban J connectivity index is 2.01. The molecule has 1 atom stereocenters. The van der Waals surface area contributed by atoms with Crippen molar-refractivity contribution in [3.63, 3.8) is 0 Å². The van der Waals surface area contributed by atoms with Gasteiger partial charge in [-0.25, -0.2) is 0 Å². The smallest absolute Gasteiger partial charge is 0.241 e. The number of carbonyl (C=O) groups excluding carboxylic acids is 1. The van der Waals surface area contributed by atoms with Gasteiger partial charge in [0.05, 0.1) is 17.3 Å². The Morgan fingerprint density at radius 3 is 2.52 bits per heavy atom. The maximum Gasteiger partial charge on any atom is 0.241 e. The summed E-state index contributed by atoms with van der Waals surface area (Å²) in [5.74, 6) is -0.123. The zero-order valence-electron chi connectivity index (χ0n) is 13.7. The molecular formula is C19H21N3O. The van der Waals surface area contributed by atoms with Crippen LogP contribution in [0.15, 0.2) is 48.5 Å². The lowest BCUT2D eigenvalue weighted by Gasteiger charge is -2.24. The van der Waals surface area contributed by atoms with Gasteiger partial charge < -0.3 is 5.32 Å². The van der Waals surface area contributed by atoms with Crippen LogP contribution in [-0.4, -0.2) is 23.9 Å². The van der Waals surface area contributed by atoms with Crippen molar-refractivity contribution in [1.82, 2.24) is 4.90 Å². The van der Waals surface area contributed by atoms with Gasteiger partial charge in [-0.2, -0.15) is 5.26 Å². The first-order valence-electron chi connectivity index (χ1n) is 7.57. The molecule has 4 nitrogen and oxygen atoms in total. The number of anilines is 1. The Bertz CT molecular complexity index is 716. The largest absolute Gasteiger partial charge is 0.324 e. The highest BCUT2D eigenvalue weighted by Crippen LogP contribution is 2.15. The topological polar surface area (TPSA) is 56.1 Å². The molecule has 0 aromatic heterocycles. The summed E-state index contributed by atoms with van der Waals surface area (Å²) in [6, 6.07) is 17.1. The zero-order chi connectivity index (χ0) is 16.8. The summed E-state index contributed by atoms with van der Waals surface area (Å²) < 4.78 is 0. The molecule has 2 aromatic carbocycles. The molecule has 1 N–H and O–H groups in total. The number of benzene rings is 2. The molecule has 2 rings (SSSR count). The van der Waals surface area contributed by atoms with Gasteiger partial charge in [0, 0.05) is 6.54 Å². The molecule has 0 fully saturated rings. The van der Waals surface area contributed by atoms with Crippen LogP contribution in [0.5, 0.6) is 0 Å². The summed E-state index contributed by atoms with van der Waals surface area (Å²) in [6.07, 6.45) is 0. The number of likely N-dealkylation sites (N-methyl/N-ethyl adjacent to an activating group) is 1. The molecule has 0 aliphatic rings. The van der Waals surface area contributed by atoms with Crippen LogP contribution in [0.4, 0.5) is 5.69 Å². The lowest BCUT2D eigenvalue weighted by atomic mass is 10.1. The summed E-state index contributed by atoms with van der Waals surface area (Å²) in [5, 5.41) is 11.9. The first kappa shape index (κ1) is 16.7. The minimum Gasteiger partial charge on any atom is -0.324 e. The highest BCUT2D eigenvalue weighted by atomic mass is 16.2. The van der Waals surface area contributed by atoms with Crippen LogP contribution in [0.1, 0.15) is 23.6 Å². The van der Waals surface area contributed by atoms with Gasteiger partial charge in [0.2, 0.25) is 5.91 Å². The van der Waals surface area contributed by atoms with E-state index in [-0.39, 0.29) is 11.9 Å². The second-order valence-corrected chi connectivity index (χ2v) is 5.72. The summed E-state index contributed by atoms with van der Waals surface area (Å²) >= 11 is 0. The number of hydrogen-bond donors (Lipinski definition) is 1. The van der Waals surface area contributed by atoms with E-state index in [4.69, 9.17) is 5.26 Å². The van der Waals surface area contributed by atoms with Crippen LogP contribution in [-0.2, 0) is 11.3 Å². The Kier molecular flexibility index (Phi) is 5.51. The van der Waals surface area contributed by atoms with E-state index in [1.54, 1.807) is 24.3 Å². The van der Waals surface area contributed by atoms with Gasteiger partial charge in [0.1, 0.15) is 6.07 Å². The second kappa shape index (κ2) is 7.57. The third kappa shape index (κ3) is 4.41. The summed E-state index contributed by atoms with van der Waals surface area (Å²) in [4.78, 5) is 14.4. The number of nitrogens with one attached hydrogen (secondary N) is 1. The van der Waals surface area contributed by atoms with Crippen LogP contribution in [0.25, 0.3) is 0 Å². The quantitative estimate of drug-likeness (QED) is 0.922. The monoisotopic (exact) mass is 307 g/mol. The fourth-order valence-corrected chi connectivity index (χ4v) is 2.25. The van der Waals surface area contributed by atoms with E-state index in [0.717, 1.165) is 5.56 Å².